The van der Waals surface area contributed by atoms with E-state index in [9.17, 15) is 9.59 Å². The predicted molar refractivity (Wildman–Crippen MR) is 98.4 cm³/mol. The Kier molecular flexibility index (Phi) is 7.00. The Hall–Kier alpha value is -2.14. The number of halogens is 1. The molecule has 2 rings (SSSR count). The minimum Gasteiger partial charge on any atom is -0.354 e. The lowest BCUT2D eigenvalue weighted by atomic mass is 10.1. The summed E-state index contributed by atoms with van der Waals surface area (Å²) in [5.41, 5.74) is 2.04. The molecule has 0 aliphatic carbocycles. The molecule has 4 nitrogen and oxygen atoms in total. The molecule has 2 aromatic carbocycles. The van der Waals surface area contributed by atoms with Crippen LogP contribution in [0.25, 0.3) is 0 Å². The molecule has 5 heteroatoms. The van der Waals surface area contributed by atoms with Gasteiger partial charge >= 0.3 is 0 Å². The first-order valence-electron chi connectivity index (χ1n) is 7.85. The lowest BCUT2D eigenvalue weighted by Gasteiger charge is -2.21. The summed E-state index contributed by atoms with van der Waals surface area (Å²) in [4.78, 5) is 25.5. The van der Waals surface area contributed by atoms with Gasteiger partial charge < -0.3 is 10.2 Å². The predicted octanol–water partition coefficient (Wildman–Crippen LogP) is 3.16. The lowest BCUT2D eigenvalue weighted by Crippen LogP contribution is -2.37. The molecule has 0 spiro atoms. The molecule has 0 radical (unpaired) electrons. The van der Waals surface area contributed by atoms with Gasteiger partial charge in [0.15, 0.2) is 0 Å². The number of hydrogen-bond acceptors (Lipinski definition) is 2. The van der Waals surface area contributed by atoms with Crippen LogP contribution >= 0.6 is 15.9 Å². The second-order valence-corrected chi connectivity index (χ2v) is 6.50. The van der Waals surface area contributed by atoms with E-state index in [2.05, 4.69) is 21.2 Å². The molecule has 126 valence electrons. The summed E-state index contributed by atoms with van der Waals surface area (Å²) in [5, 5.41) is 2.87. The number of carbonyl (C=O) groups is 2. The van der Waals surface area contributed by atoms with Crippen LogP contribution in [0.2, 0.25) is 0 Å². The fraction of sp³-hybridized carbons (Fsp3) is 0.263. The minimum atomic E-state index is -0.0412. The van der Waals surface area contributed by atoms with Gasteiger partial charge in [-0.1, -0.05) is 58.4 Å². The molecule has 0 aliphatic rings. The summed E-state index contributed by atoms with van der Waals surface area (Å²) >= 11 is 3.37. The molecule has 0 saturated carbocycles. The van der Waals surface area contributed by atoms with E-state index in [4.69, 9.17) is 0 Å². The summed E-state index contributed by atoms with van der Waals surface area (Å²) < 4.78 is 0.990. The molecule has 0 saturated heterocycles. The van der Waals surface area contributed by atoms with Crippen molar-refractivity contribution in [1.29, 1.82) is 0 Å². The number of rotatable bonds is 7. The van der Waals surface area contributed by atoms with Gasteiger partial charge in [0.2, 0.25) is 11.8 Å². The van der Waals surface area contributed by atoms with Crippen molar-refractivity contribution < 1.29 is 9.59 Å². The van der Waals surface area contributed by atoms with Gasteiger partial charge in [-0.05, 0) is 23.3 Å². The maximum Gasteiger partial charge on any atom is 0.224 e. The molecule has 2 amide bonds. The van der Waals surface area contributed by atoms with Gasteiger partial charge in [-0.3, -0.25) is 9.59 Å². The van der Waals surface area contributed by atoms with E-state index in [0.717, 1.165) is 15.6 Å². The third-order valence-electron chi connectivity index (χ3n) is 3.64. The zero-order valence-corrected chi connectivity index (χ0v) is 15.3. The van der Waals surface area contributed by atoms with Gasteiger partial charge in [-0.15, -0.1) is 0 Å². The fourth-order valence-electron chi connectivity index (χ4n) is 2.33. The monoisotopic (exact) mass is 388 g/mol. The van der Waals surface area contributed by atoms with Crippen molar-refractivity contribution in [2.75, 3.05) is 13.1 Å². The number of nitrogens with one attached hydrogen (secondary N) is 1. The van der Waals surface area contributed by atoms with Crippen LogP contribution in [0.1, 0.15) is 18.1 Å². The molecular weight excluding hydrogens is 368 g/mol. The van der Waals surface area contributed by atoms with Gasteiger partial charge in [0.25, 0.3) is 0 Å². The molecule has 2 aromatic rings. The zero-order valence-electron chi connectivity index (χ0n) is 13.7. The van der Waals surface area contributed by atoms with E-state index < -0.39 is 0 Å². The number of carbonyl (C=O) groups excluding carboxylic acids is 2. The highest BCUT2D eigenvalue weighted by atomic mass is 79.9. The van der Waals surface area contributed by atoms with Gasteiger partial charge in [0.05, 0.1) is 6.42 Å². The van der Waals surface area contributed by atoms with E-state index >= 15 is 0 Å². The lowest BCUT2D eigenvalue weighted by molar-refractivity contribution is -0.130. The molecule has 0 aliphatic heterocycles. The SMILES string of the molecule is CC(=O)N(CCNC(=O)Cc1ccc(Br)cc1)Cc1ccccc1. The van der Waals surface area contributed by atoms with Gasteiger partial charge in [-0.25, -0.2) is 0 Å². The molecule has 0 aromatic heterocycles. The molecule has 0 atom stereocenters. The summed E-state index contributed by atoms with van der Waals surface area (Å²) in [6.07, 6.45) is 0.339. The molecule has 24 heavy (non-hydrogen) atoms. The zero-order chi connectivity index (χ0) is 17.4. The van der Waals surface area contributed by atoms with Crippen molar-refractivity contribution >= 4 is 27.7 Å². The number of hydrogen-bond donors (Lipinski definition) is 1. The van der Waals surface area contributed by atoms with Crippen molar-refractivity contribution in [3.63, 3.8) is 0 Å². The van der Waals surface area contributed by atoms with E-state index in [-0.39, 0.29) is 11.8 Å². The van der Waals surface area contributed by atoms with Crippen LogP contribution in [0, 0.1) is 0 Å². The van der Waals surface area contributed by atoms with E-state index in [1.165, 1.54) is 0 Å². The van der Waals surface area contributed by atoms with Crippen LogP contribution in [0.15, 0.2) is 59.1 Å². The van der Waals surface area contributed by atoms with Gasteiger partial charge in [0, 0.05) is 31.0 Å². The minimum absolute atomic E-state index is 0.000937. The summed E-state index contributed by atoms with van der Waals surface area (Å²) in [5.74, 6) is -0.0402. The first-order valence-corrected chi connectivity index (χ1v) is 8.64. The van der Waals surface area contributed by atoms with Crippen molar-refractivity contribution in [2.24, 2.45) is 0 Å². The van der Waals surface area contributed by atoms with Crippen LogP contribution in [0.5, 0.6) is 0 Å². The van der Waals surface area contributed by atoms with Crippen molar-refractivity contribution in [3.05, 3.63) is 70.2 Å². The fourth-order valence-corrected chi connectivity index (χ4v) is 2.60. The molecule has 1 N–H and O–H groups in total. The second-order valence-electron chi connectivity index (χ2n) is 5.58. The number of amides is 2. The number of nitrogens with zero attached hydrogens (tertiary/aromatic N) is 1. The van der Waals surface area contributed by atoms with Gasteiger partial charge in [-0.2, -0.15) is 0 Å². The Morgan fingerprint density at radius 1 is 1.00 bits per heavy atom. The van der Waals surface area contributed by atoms with Crippen LogP contribution in [0.3, 0.4) is 0 Å². The molecular formula is C19H21BrN2O2. The first kappa shape index (κ1) is 18.2. The van der Waals surface area contributed by atoms with Crippen molar-refractivity contribution in [3.8, 4) is 0 Å². The standard InChI is InChI=1S/C19H21BrN2O2/c1-15(23)22(14-17-5-3-2-4-6-17)12-11-21-19(24)13-16-7-9-18(20)10-8-16/h2-10H,11-14H2,1H3,(H,21,24). The summed E-state index contributed by atoms with van der Waals surface area (Å²) in [7, 11) is 0. The highest BCUT2D eigenvalue weighted by Crippen LogP contribution is 2.10. The highest BCUT2D eigenvalue weighted by molar-refractivity contribution is 9.10. The Bertz CT molecular complexity index is 672. The Labute approximate surface area is 151 Å². The normalized spacial score (nSPS) is 10.2. The van der Waals surface area contributed by atoms with E-state index in [1.54, 1.807) is 11.8 Å². The molecule has 0 fully saturated rings. The summed E-state index contributed by atoms with van der Waals surface area (Å²) in [6, 6.07) is 17.5. The maximum atomic E-state index is 12.0. The van der Waals surface area contributed by atoms with Crippen molar-refractivity contribution in [2.45, 2.75) is 19.9 Å². The van der Waals surface area contributed by atoms with E-state index in [1.807, 2.05) is 54.6 Å². The Morgan fingerprint density at radius 2 is 1.67 bits per heavy atom. The Balaban J connectivity index is 1.78. The molecule has 0 unspecified atom stereocenters. The largest absolute Gasteiger partial charge is 0.354 e. The Morgan fingerprint density at radius 3 is 2.29 bits per heavy atom. The van der Waals surface area contributed by atoms with Crippen molar-refractivity contribution in [1.82, 2.24) is 10.2 Å². The number of benzene rings is 2. The van der Waals surface area contributed by atoms with Gasteiger partial charge in [0.1, 0.15) is 0 Å². The van der Waals surface area contributed by atoms with Crippen LogP contribution < -0.4 is 5.32 Å². The second kappa shape index (κ2) is 9.23. The van der Waals surface area contributed by atoms with Crippen LogP contribution in [-0.2, 0) is 22.6 Å². The average Bonchev–Trinajstić information content (AvgIpc) is 2.57. The average molecular weight is 389 g/mol. The third kappa shape index (κ3) is 6.16. The maximum absolute atomic E-state index is 12.0. The topological polar surface area (TPSA) is 49.4 Å². The first-order chi connectivity index (χ1) is 11.5. The molecule has 0 heterocycles. The highest BCUT2D eigenvalue weighted by Gasteiger charge is 2.10. The molecule has 0 bridgehead atoms. The summed E-state index contributed by atoms with van der Waals surface area (Å²) in [6.45, 7) is 3.05. The van der Waals surface area contributed by atoms with Crippen LogP contribution in [-0.4, -0.2) is 29.8 Å². The smallest absolute Gasteiger partial charge is 0.224 e. The quantitative estimate of drug-likeness (QED) is 0.791. The third-order valence-corrected chi connectivity index (χ3v) is 4.17. The van der Waals surface area contributed by atoms with E-state index in [0.29, 0.717) is 26.1 Å². The van der Waals surface area contributed by atoms with Crippen LogP contribution in [0.4, 0.5) is 0 Å².